The molecule has 1 fully saturated rings. The Kier molecular flexibility index (Phi) is 2.82. The van der Waals surface area contributed by atoms with Crippen LogP contribution in [-0.4, -0.2) is 29.7 Å². The maximum absolute atomic E-state index is 11.9. The first-order valence-corrected chi connectivity index (χ1v) is 7.95. The Labute approximate surface area is 110 Å². The van der Waals surface area contributed by atoms with Gasteiger partial charge in [0, 0.05) is 6.07 Å². The van der Waals surface area contributed by atoms with Crippen LogP contribution in [0.4, 0.5) is 0 Å². The third-order valence-corrected chi connectivity index (χ3v) is 5.15. The lowest BCUT2D eigenvalue weighted by molar-refractivity contribution is 0.487. The van der Waals surface area contributed by atoms with Gasteiger partial charge in [-0.3, -0.25) is 9.89 Å². The molecule has 1 N–H and O–H groups in total. The van der Waals surface area contributed by atoms with Gasteiger partial charge in [0.15, 0.2) is 9.84 Å². The van der Waals surface area contributed by atoms with Crippen LogP contribution in [0.5, 0.6) is 0 Å². The number of benzene rings is 1. The zero-order valence-electron chi connectivity index (χ0n) is 10.2. The van der Waals surface area contributed by atoms with E-state index in [4.69, 9.17) is 0 Å². The zero-order chi connectivity index (χ0) is 13.5. The number of hydrogen-bond acceptors (Lipinski definition) is 3. The predicted octanol–water partition coefficient (Wildman–Crippen LogP) is 1.20. The second-order valence-corrected chi connectivity index (χ2v) is 7.03. The number of aromatic nitrogens is 2. The van der Waals surface area contributed by atoms with Crippen LogP contribution in [0.3, 0.4) is 0 Å². The molecule has 0 radical (unpaired) electrons. The molecule has 2 aromatic rings. The molecule has 1 atom stereocenters. The lowest BCUT2D eigenvalue weighted by Crippen LogP contribution is -2.22. The zero-order valence-corrected chi connectivity index (χ0v) is 11.1. The molecule has 1 saturated heterocycles. The van der Waals surface area contributed by atoms with Gasteiger partial charge in [0.2, 0.25) is 0 Å². The molecule has 0 bridgehead atoms. The lowest BCUT2D eigenvalue weighted by atomic mass is 10.2. The van der Waals surface area contributed by atoms with Crippen LogP contribution in [0, 0.1) is 0 Å². The van der Waals surface area contributed by atoms with E-state index in [1.165, 1.54) is 10.7 Å². The van der Waals surface area contributed by atoms with E-state index in [1.807, 2.05) is 30.3 Å². The monoisotopic (exact) mass is 278 g/mol. The van der Waals surface area contributed by atoms with E-state index < -0.39 is 9.84 Å². The maximum atomic E-state index is 11.9. The normalized spacial score (nSPS) is 21.6. The first-order chi connectivity index (χ1) is 9.05. The van der Waals surface area contributed by atoms with E-state index in [1.54, 1.807) is 0 Å². The van der Waals surface area contributed by atoms with Gasteiger partial charge in [-0.2, -0.15) is 0 Å². The summed E-state index contributed by atoms with van der Waals surface area (Å²) in [6.07, 6.45) is 0.497. The van der Waals surface area contributed by atoms with Crippen molar-refractivity contribution in [3.05, 3.63) is 46.8 Å². The molecule has 1 aliphatic heterocycles. The number of nitrogens with one attached hydrogen (secondary N) is 1. The highest BCUT2D eigenvalue weighted by Gasteiger charge is 2.30. The van der Waals surface area contributed by atoms with Crippen molar-refractivity contribution in [1.82, 2.24) is 9.78 Å². The van der Waals surface area contributed by atoms with Crippen LogP contribution in [0.25, 0.3) is 11.3 Å². The summed E-state index contributed by atoms with van der Waals surface area (Å²) in [7, 11) is -3.00. The van der Waals surface area contributed by atoms with Crippen molar-refractivity contribution in [3.8, 4) is 11.3 Å². The van der Waals surface area contributed by atoms with E-state index in [0.717, 1.165) is 11.3 Å². The summed E-state index contributed by atoms with van der Waals surface area (Å²) in [5, 5.41) is 3.02. The van der Waals surface area contributed by atoms with Crippen molar-refractivity contribution in [2.75, 3.05) is 11.5 Å². The number of sulfone groups is 1. The van der Waals surface area contributed by atoms with Crippen LogP contribution in [-0.2, 0) is 9.84 Å². The number of aromatic amines is 1. The van der Waals surface area contributed by atoms with Crippen LogP contribution in [0.2, 0.25) is 0 Å². The summed E-state index contributed by atoms with van der Waals surface area (Å²) in [5.74, 6) is 0.200. The quantitative estimate of drug-likeness (QED) is 0.897. The molecule has 2 heterocycles. The summed E-state index contributed by atoms with van der Waals surface area (Å²) in [5.41, 5.74) is 1.45. The average Bonchev–Trinajstić information content (AvgIpc) is 2.93. The van der Waals surface area contributed by atoms with Crippen molar-refractivity contribution < 1.29 is 8.42 Å². The van der Waals surface area contributed by atoms with Crippen molar-refractivity contribution in [1.29, 1.82) is 0 Å². The Balaban J connectivity index is 1.97. The van der Waals surface area contributed by atoms with E-state index in [0.29, 0.717) is 6.42 Å². The molecular formula is C13H14N2O3S. The average molecular weight is 278 g/mol. The number of rotatable bonds is 2. The first-order valence-electron chi connectivity index (χ1n) is 6.12. The highest BCUT2D eigenvalue weighted by atomic mass is 32.2. The first kappa shape index (κ1) is 12.2. The molecule has 1 aromatic carbocycles. The molecule has 19 heavy (non-hydrogen) atoms. The highest BCUT2D eigenvalue weighted by molar-refractivity contribution is 7.91. The Morgan fingerprint density at radius 1 is 1.21 bits per heavy atom. The number of nitrogens with zero attached hydrogens (tertiary/aromatic N) is 1. The van der Waals surface area contributed by atoms with Gasteiger partial charge in [-0.15, -0.1) is 0 Å². The van der Waals surface area contributed by atoms with Gasteiger partial charge in [0.25, 0.3) is 5.56 Å². The van der Waals surface area contributed by atoms with E-state index in [-0.39, 0.29) is 23.1 Å². The van der Waals surface area contributed by atoms with Crippen molar-refractivity contribution in [2.24, 2.45) is 0 Å². The molecule has 1 aliphatic rings. The van der Waals surface area contributed by atoms with Crippen molar-refractivity contribution in [2.45, 2.75) is 12.5 Å². The van der Waals surface area contributed by atoms with Gasteiger partial charge in [-0.05, 0) is 12.0 Å². The van der Waals surface area contributed by atoms with E-state index in [9.17, 15) is 13.2 Å². The second-order valence-electron chi connectivity index (χ2n) is 4.80. The summed E-state index contributed by atoms with van der Waals surface area (Å²) in [6.45, 7) is 0. The SMILES string of the molecule is O=c1cc(-c2ccccc2)[nH]n1[C@H]1CCS(=O)(=O)C1. The molecule has 0 amide bonds. The molecule has 1 aromatic heterocycles. The molecule has 3 rings (SSSR count). The Bertz CT molecular complexity index is 744. The van der Waals surface area contributed by atoms with E-state index in [2.05, 4.69) is 5.10 Å². The van der Waals surface area contributed by atoms with Crippen LogP contribution in [0.15, 0.2) is 41.2 Å². The second kappa shape index (κ2) is 4.38. The third kappa shape index (κ3) is 2.35. The Hall–Kier alpha value is -1.82. The minimum absolute atomic E-state index is 0.0433. The Morgan fingerprint density at radius 3 is 2.58 bits per heavy atom. The summed E-state index contributed by atoms with van der Waals surface area (Å²) in [4.78, 5) is 11.9. The van der Waals surface area contributed by atoms with Gasteiger partial charge in [-0.25, -0.2) is 13.1 Å². The number of H-pyrrole nitrogens is 1. The van der Waals surface area contributed by atoms with Gasteiger partial charge >= 0.3 is 0 Å². The topological polar surface area (TPSA) is 71.9 Å². The molecule has 0 unspecified atom stereocenters. The lowest BCUT2D eigenvalue weighted by Gasteiger charge is -2.08. The van der Waals surface area contributed by atoms with Gasteiger partial charge in [-0.1, -0.05) is 30.3 Å². The van der Waals surface area contributed by atoms with Crippen LogP contribution >= 0.6 is 0 Å². The van der Waals surface area contributed by atoms with E-state index >= 15 is 0 Å². The Morgan fingerprint density at radius 2 is 1.95 bits per heavy atom. The van der Waals surface area contributed by atoms with Crippen LogP contribution in [0.1, 0.15) is 12.5 Å². The minimum Gasteiger partial charge on any atom is -0.295 e. The highest BCUT2D eigenvalue weighted by Crippen LogP contribution is 2.23. The van der Waals surface area contributed by atoms with Crippen LogP contribution < -0.4 is 5.56 Å². The predicted molar refractivity (Wildman–Crippen MR) is 72.8 cm³/mol. The molecule has 0 saturated carbocycles. The van der Waals surface area contributed by atoms with Crippen molar-refractivity contribution in [3.63, 3.8) is 0 Å². The van der Waals surface area contributed by atoms with Gasteiger partial charge in [0.05, 0.1) is 23.2 Å². The summed E-state index contributed by atoms with van der Waals surface area (Å²) < 4.78 is 24.4. The minimum atomic E-state index is -3.00. The molecular weight excluding hydrogens is 264 g/mol. The van der Waals surface area contributed by atoms with Gasteiger partial charge < -0.3 is 0 Å². The van der Waals surface area contributed by atoms with Crippen molar-refractivity contribution >= 4 is 9.84 Å². The molecule has 6 heteroatoms. The summed E-state index contributed by atoms with van der Waals surface area (Å²) in [6, 6.07) is 10.7. The molecule has 0 aliphatic carbocycles. The molecule has 5 nitrogen and oxygen atoms in total. The molecule has 100 valence electrons. The summed E-state index contributed by atoms with van der Waals surface area (Å²) >= 11 is 0. The fraction of sp³-hybridized carbons (Fsp3) is 0.308. The maximum Gasteiger partial charge on any atom is 0.267 e. The fourth-order valence-corrected chi connectivity index (χ4v) is 4.13. The molecule has 0 spiro atoms. The van der Waals surface area contributed by atoms with Gasteiger partial charge in [0.1, 0.15) is 0 Å². The standard InChI is InChI=1S/C13H14N2O3S/c16-13-8-12(10-4-2-1-3-5-10)14-15(13)11-6-7-19(17,18)9-11/h1-5,8,11,14H,6-7,9H2/t11-/m0/s1. The third-order valence-electron chi connectivity index (χ3n) is 3.40. The smallest absolute Gasteiger partial charge is 0.267 e. The largest absolute Gasteiger partial charge is 0.295 e. The fourth-order valence-electron chi connectivity index (χ4n) is 2.43. The number of hydrogen-bond donors (Lipinski definition) is 1.